The van der Waals surface area contributed by atoms with Gasteiger partial charge in [0.1, 0.15) is 2.74 Å². The van der Waals surface area contributed by atoms with Crippen molar-refractivity contribution in [2.45, 2.75) is 39.7 Å². The number of aliphatic hydroxyl groups excluding tert-OH is 1. The topological polar surface area (TPSA) is 137 Å². The van der Waals surface area contributed by atoms with Crippen LogP contribution in [0.15, 0.2) is 61.1 Å². The number of benzene rings is 2. The zero-order valence-electron chi connectivity index (χ0n) is 38.3. The van der Waals surface area contributed by atoms with Crippen molar-refractivity contribution in [1.82, 2.24) is 39.3 Å². The molecule has 6 aromatic rings. The molecule has 0 bridgehead atoms. The molecule has 0 saturated carbocycles. The van der Waals surface area contributed by atoms with E-state index in [0.29, 0.717) is 63.7 Å². The molecule has 2 aliphatic rings. The zero-order chi connectivity index (χ0) is 43.4. The van der Waals surface area contributed by atoms with Crippen LogP contribution in [0.2, 0.25) is 0 Å². The predicted octanol–water partition coefficient (Wildman–Crippen LogP) is 4.50. The highest BCUT2D eigenvalue weighted by Crippen LogP contribution is 2.31. The number of para-hydroxylation sites is 2. The number of hydrogen-bond acceptors (Lipinski definition) is 5. The van der Waals surface area contributed by atoms with Crippen LogP contribution >= 0.6 is 12.4 Å². The van der Waals surface area contributed by atoms with E-state index in [9.17, 15) is 9.59 Å². The molecule has 0 radical (unpaired) electrons. The van der Waals surface area contributed by atoms with Gasteiger partial charge in [0.15, 0.2) is 0 Å². The Bertz CT molecular complexity index is 2550. The van der Waals surface area contributed by atoms with Gasteiger partial charge in [0.25, 0.3) is 11.8 Å². The molecule has 0 atom stereocenters. The van der Waals surface area contributed by atoms with Gasteiger partial charge in [0, 0.05) is 101 Å². The molecule has 0 fully saturated rings. The van der Waals surface area contributed by atoms with Crippen LogP contribution in [0.4, 0.5) is 0 Å². The second kappa shape index (κ2) is 13.6. The molecule has 2 aliphatic heterocycles. The number of carbonyl (C=O) groups excluding carboxylic acids is 2. The third-order valence-electron chi connectivity index (χ3n) is 7.75. The second-order valence-corrected chi connectivity index (χ2v) is 10.3. The van der Waals surface area contributed by atoms with Gasteiger partial charge in [-0.3, -0.25) is 9.59 Å². The van der Waals surface area contributed by atoms with E-state index >= 15 is 0 Å². The maximum Gasteiger partial charge on any atom is 0.256 e. The molecule has 0 unspecified atom stereocenters. The number of aromatic nitrogens is 6. The molecule has 11 nitrogen and oxygen atoms in total. The van der Waals surface area contributed by atoms with Crippen molar-refractivity contribution in [2.75, 3.05) is 13.1 Å². The smallest absolute Gasteiger partial charge is 0.256 e. The van der Waals surface area contributed by atoms with E-state index < -0.39 is 34.3 Å². The molecule has 8 rings (SSSR count). The average molecular weight is 657 g/mol. The Kier molecular flexibility index (Phi) is 5.62. The summed E-state index contributed by atoms with van der Waals surface area (Å²) in [7, 11) is 0. The van der Waals surface area contributed by atoms with Crippen molar-refractivity contribution in [3.05, 3.63) is 106 Å². The van der Waals surface area contributed by atoms with Crippen LogP contribution < -0.4 is 5.32 Å². The number of amides is 2. The lowest BCUT2D eigenvalue weighted by atomic mass is 10.0. The van der Waals surface area contributed by atoms with Crippen LogP contribution in [0.5, 0.6) is 0 Å². The van der Waals surface area contributed by atoms with Gasteiger partial charge < -0.3 is 34.4 Å². The van der Waals surface area contributed by atoms with E-state index in [1.807, 2.05) is 6.07 Å². The Hall–Kier alpha value is -4.87. The van der Waals surface area contributed by atoms with Crippen molar-refractivity contribution < 1.29 is 33.9 Å². The largest absolute Gasteiger partial charge is 0.390 e. The molecule has 2 amide bonds. The summed E-state index contributed by atoms with van der Waals surface area (Å²) in [4.78, 5) is 38.8. The van der Waals surface area contributed by atoms with Gasteiger partial charge in [-0.1, -0.05) is 36.4 Å². The lowest BCUT2D eigenvalue weighted by Gasteiger charge is -2.27. The molecule has 0 aliphatic carbocycles. The van der Waals surface area contributed by atoms with E-state index in [-0.39, 0.29) is 72.7 Å². The molecule has 12 heteroatoms. The number of aryl methyl sites for hydroxylation is 4. The molecule has 4 aromatic heterocycles. The summed E-state index contributed by atoms with van der Waals surface area (Å²) < 4.78 is 108. The molecule has 4 N–H and O–H groups in total. The quantitative estimate of drug-likeness (QED) is 0.222. The third kappa shape index (κ3) is 5.91. The Labute approximate surface area is 292 Å². The summed E-state index contributed by atoms with van der Waals surface area (Å²) in [5, 5.41) is 12.7. The maximum absolute atomic E-state index is 13.2. The van der Waals surface area contributed by atoms with Crippen LogP contribution in [-0.4, -0.2) is 64.0 Å². The van der Waals surface area contributed by atoms with Crippen LogP contribution in [0, 0.1) is 13.7 Å². The minimum atomic E-state index is -2.48. The number of halogens is 1. The number of nitrogens with one attached hydrogen (secondary N) is 3. The number of carbonyl (C=O) groups is 2. The summed E-state index contributed by atoms with van der Waals surface area (Å²) in [5.74, 6) is -0.563. The fraction of sp³-hybridized carbons (Fsp3) is 0.294. The van der Waals surface area contributed by atoms with Crippen molar-refractivity contribution in [3.63, 3.8) is 0 Å². The van der Waals surface area contributed by atoms with E-state index in [2.05, 4.69) is 25.3 Å². The molecule has 2 aromatic carbocycles. The van der Waals surface area contributed by atoms with E-state index in [1.165, 1.54) is 14.0 Å². The lowest BCUT2D eigenvalue weighted by Crippen LogP contribution is -2.37. The summed E-state index contributed by atoms with van der Waals surface area (Å²) in [6.07, 6.45) is 0.337. The number of aromatic amines is 2. The monoisotopic (exact) mass is 656 g/mol. The average Bonchev–Trinajstić information content (AvgIpc) is 3.89. The summed E-state index contributed by atoms with van der Waals surface area (Å²) in [5.41, 5.74) is 2.76. The fourth-order valence-electron chi connectivity index (χ4n) is 5.55. The SMILES string of the molecule is Cl.[2H]C([2H])([2H])n1c2c(c3ccccc31)C(=O)NCC2.[2H]c1nc(CN2CCc3c(c4ccccc4n3C([2H])([2H])[2H])C2=O)c(C([2H])([2H])[2H])[nH]1.[2H]c1nc(CO)c(C([2H])([2H])[2H])[nH]1. The highest BCUT2D eigenvalue weighted by Gasteiger charge is 2.30. The maximum atomic E-state index is 13.2. The number of hydrogen-bond donors (Lipinski definition) is 4. The summed E-state index contributed by atoms with van der Waals surface area (Å²) >= 11 is 0. The van der Waals surface area contributed by atoms with E-state index in [1.54, 1.807) is 42.5 Å². The Morgan fingerprint density at radius 3 is 2.04 bits per heavy atom. The second-order valence-electron chi connectivity index (χ2n) is 10.3. The summed E-state index contributed by atoms with van der Waals surface area (Å²) in [6.45, 7) is -9.35. The highest BCUT2D eigenvalue weighted by atomic mass is 35.5. The van der Waals surface area contributed by atoms with Crippen LogP contribution in [0.3, 0.4) is 0 Å². The first-order valence-corrected chi connectivity index (χ1v) is 14.0. The molecule has 0 spiro atoms. The normalized spacial score (nSPS) is 19.2. The first kappa shape index (κ1) is 18.9. The first-order valence-electron chi connectivity index (χ1n) is 21.0. The Morgan fingerprint density at radius 1 is 0.848 bits per heavy atom. The zero-order valence-corrected chi connectivity index (χ0v) is 25.1. The number of aliphatic hydroxyl groups is 1. The van der Waals surface area contributed by atoms with Gasteiger partial charge in [-0.15, -0.1) is 12.4 Å². The first-order chi connectivity index (χ1) is 27.4. The standard InChI is InChI=1S/C17H18N4O.C12H12N2O.C5H8N2O.ClH/c1-11-13(19-10-18-11)9-21-8-7-15-16(17(21)22)12-5-3-4-6-14(12)20(15)2;1-14-9-5-3-2-4-8(9)11-10(14)6-7-13-12(11)15;1-4-5(2-8)7-3-6-4;/h3-6,10H,7-9H2,1-2H3,(H,18,19);2-5H,6-7H2,1H3,(H,13,15);3,8H,2H2,1H3,(H,6,7);1H/i1D3,2D3,10D;1D3;1D3,3D;. The molecule has 6 heterocycles. The summed E-state index contributed by atoms with van der Waals surface area (Å²) in [6, 6.07) is 14.0. The van der Waals surface area contributed by atoms with Crippen molar-refractivity contribution in [1.29, 1.82) is 0 Å². The molecule has 0 saturated heterocycles. The van der Waals surface area contributed by atoms with Crippen LogP contribution in [0.25, 0.3) is 21.8 Å². The van der Waals surface area contributed by atoms with Gasteiger partial charge in [-0.05, 0) is 25.8 Å². The molecule has 240 valence electrons. The van der Waals surface area contributed by atoms with Crippen LogP contribution in [0.1, 0.15) is 74.1 Å². The van der Waals surface area contributed by atoms with E-state index in [4.69, 9.17) is 24.3 Å². The van der Waals surface area contributed by atoms with Crippen molar-refractivity contribution in [2.24, 2.45) is 14.0 Å². The minimum Gasteiger partial charge on any atom is -0.390 e. The van der Waals surface area contributed by atoms with Crippen molar-refractivity contribution in [3.8, 4) is 0 Å². The number of H-pyrrole nitrogens is 2. The number of nitrogens with zero attached hydrogens (tertiary/aromatic N) is 5. The van der Waals surface area contributed by atoms with Gasteiger partial charge in [-0.25, -0.2) is 9.97 Å². The lowest BCUT2D eigenvalue weighted by molar-refractivity contribution is 0.0725. The predicted molar refractivity (Wildman–Crippen MR) is 180 cm³/mol. The number of fused-ring (bicyclic) bond motifs is 6. The minimum absolute atomic E-state index is 0. The van der Waals surface area contributed by atoms with Gasteiger partial charge in [0.05, 0.1) is 48.3 Å². The Balaban J connectivity index is 0.000000188. The molecular formula is C34H39ClN8O3. The van der Waals surface area contributed by atoms with Gasteiger partial charge >= 0.3 is 0 Å². The van der Waals surface area contributed by atoms with E-state index in [0.717, 1.165) is 0 Å². The number of rotatable bonds is 3. The fourth-order valence-corrected chi connectivity index (χ4v) is 5.55. The molecule has 46 heavy (non-hydrogen) atoms. The van der Waals surface area contributed by atoms with Crippen molar-refractivity contribution >= 4 is 46.0 Å². The Morgan fingerprint density at radius 2 is 1.43 bits per heavy atom. The molecular weight excluding hydrogens is 604 g/mol. The highest BCUT2D eigenvalue weighted by molar-refractivity contribution is 6.10. The van der Waals surface area contributed by atoms with Crippen LogP contribution in [-0.2, 0) is 39.9 Å². The van der Waals surface area contributed by atoms with Gasteiger partial charge in [-0.2, -0.15) is 0 Å². The third-order valence-corrected chi connectivity index (χ3v) is 7.75. The van der Waals surface area contributed by atoms with Gasteiger partial charge in [0.2, 0.25) is 0 Å². The number of imidazole rings is 2.